The summed E-state index contributed by atoms with van der Waals surface area (Å²) in [5.41, 5.74) is -1.98. The first-order valence-electron chi connectivity index (χ1n) is 6.24. The minimum Gasteiger partial charge on any atom is -0.307 e. The lowest BCUT2D eigenvalue weighted by Crippen LogP contribution is -2.38. The third-order valence-electron chi connectivity index (χ3n) is 3.17. The number of carbonyl (C=O) groups excluding carboxylic acids is 1. The minimum absolute atomic E-state index is 0.0765. The first-order valence-corrected chi connectivity index (χ1v) is 6.62. The standard InChI is InChI=1S/C13H11ClN4O5/c1-16-10(6-11(19)17(2)13(16)21)15-12(20)8-4-3-7(14)5-9(8)18(22)23/h3-6H,1-2H3,(H,15,20). The van der Waals surface area contributed by atoms with E-state index in [9.17, 15) is 24.5 Å². The summed E-state index contributed by atoms with van der Waals surface area (Å²) in [5.74, 6) is -0.913. The van der Waals surface area contributed by atoms with Gasteiger partial charge in [0.2, 0.25) is 0 Å². The maximum absolute atomic E-state index is 12.2. The summed E-state index contributed by atoms with van der Waals surface area (Å²) in [5, 5.41) is 13.4. The normalized spacial score (nSPS) is 10.4. The molecule has 1 heterocycles. The summed E-state index contributed by atoms with van der Waals surface area (Å²) < 4.78 is 1.90. The van der Waals surface area contributed by atoms with E-state index in [1.54, 1.807) is 0 Å². The number of halogens is 1. The van der Waals surface area contributed by atoms with Gasteiger partial charge in [-0.2, -0.15) is 0 Å². The Morgan fingerprint density at radius 2 is 1.87 bits per heavy atom. The largest absolute Gasteiger partial charge is 0.332 e. The number of amides is 1. The molecule has 2 aromatic rings. The van der Waals surface area contributed by atoms with Gasteiger partial charge in [0.1, 0.15) is 11.4 Å². The molecule has 0 radical (unpaired) electrons. The van der Waals surface area contributed by atoms with Gasteiger partial charge in [0, 0.05) is 31.3 Å². The van der Waals surface area contributed by atoms with E-state index in [-0.39, 0.29) is 16.4 Å². The van der Waals surface area contributed by atoms with Gasteiger partial charge in [-0.15, -0.1) is 0 Å². The van der Waals surface area contributed by atoms with Gasteiger partial charge in [-0.3, -0.25) is 28.8 Å². The second-order valence-corrected chi connectivity index (χ2v) is 5.08. The molecule has 9 nitrogen and oxygen atoms in total. The number of nitro groups is 1. The quantitative estimate of drug-likeness (QED) is 0.659. The predicted molar refractivity (Wildman–Crippen MR) is 83.0 cm³/mol. The molecular formula is C13H11ClN4O5. The summed E-state index contributed by atoms with van der Waals surface area (Å²) in [6, 6.07) is 4.60. The second-order valence-electron chi connectivity index (χ2n) is 4.64. The Kier molecular flexibility index (Phi) is 4.32. The van der Waals surface area contributed by atoms with Crippen molar-refractivity contribution in [2.24, 2.45) is 14.1 Å². The van der Waals surface area contributed by atoms with E-state index in [0.29, 0.717) is 0 Å². The molecule has 23 heavy (non-hydrogen) atoms. The van der Waals surface area contributed by atoms with Crippen molar-refractivity contribution in [1.29, 1.82) is 0 Å². The number of hydrogen-bond donors (Lipinski definition) is 1. The van der Waals surface area contributed by atoms with E-state index in [1.165, 1.54) is 26.2 Å². The molecular weight excluding hydrogens is 328 g/mol. The van der Waals surface area contributed by atoms with Crippen molar-refractivity contribution in [3.63, 3.8) is 0 Å². The predicted octanol–water partition coefficient (Wildman–Crippen LogP) is 0.898. The number of anilines is 1. The molecule has 0 aliphatic carbocycles. The maximum Gasteiger partial charge on any atom is 0.332 e. The Hall–Kier alpha value is -2.94. The zero-order valence-electron chi connectivity index (χ0n) is 12.1. The van der Waals surface area contributed by atoms with Crippen molar-refractivity contribution in [2.45, 2.75) is 0 Å². The number of nitrogens with zero attached hydrogens (tertiary/aromatic N) is 3. The highest BCUT2D eigenvalue weighted by Gasteiger charge is 2.21. The topological polar surface area (TPSA) is 116 Å². The SMILES string of the molecule is Cn1c(NC(=O)c2ccc(Cl)cc2[N+](=O)[O-])cc(=O)n(C)c1=O. The van der Waals surface area contributed by atoms with E-state index < -0.39 is 27.8 Å². The Balaban J connectivity index is 2.47. The van der Waals surface area contributed by atoms with Crippen molar-refractivity contribution < 1.29 is 9.72 Å². The van der Waals surface area contributed by atoms with Crippen LogP contribution in [0, 0.1) is 10.1 Å². The number of rotatable bonds is 3. The zero-order chi connectivity index (χ0) is 17.3. The highest BCUT2D eigenvalue weighted by molar-refractivity contribution is 6.31. The molecule has 2 rings (SSSR count). The lowest BCUT2D eigenvalue weighted by Gasteiger charge is -2.11. The Bertz CT molecular complexity index is 931. The van der Waals surface area contributed by atoms with E-state index in [0.717, 1.165) is 21.3 Å². The van der Waals surface area contributed by atoms with E-state index >= 15 is 0 Å². The molecule has 0 unspecified atom stereocenters. The van der Waals surface area contributed by atoms with Gasteiger partial charge in [-0.25, -0.2) is 4.79 Å². The molecule has 0 atom stereocenters. The van der Waals surface area contributed by atoms with Crippen LogP contribution in [-0.2, 0) is 14.1 Å². The van der Waals surface area contributed by atoms with Crippen LogP contribution < -0.4 is 16.6 Å². The van der Waals surface area contributed by atoms with Gasteiger partial charge in [0.05, 0.1) is 4.92 Å². The van der Waals surface area contributed by atoms with Crippen LogP contribution in [0.25, 0.3) is 0 Å². The number of nitrogens with one attached hydrogen (secondary N) is 1. The Labute approximate surface area is 133 Å². The summed E-state index contributed by atoms with van der Waals surface area (Å²) in [6.45, 7) is 0. The smallest absolute Gasteiger partial charge is 0.307 e. The first-order chi connectivity index (χ1) is 10.7. The van der Waals surface area contributed by atoms with E-state index in [4.69, 9.17) is 11.6 Å². The van der Waals surface area contributed by atoms with Crippen LogP contribution in [-0.4, -0.2) is 20.0 Å². The third-order valence-corrected chi connectivity index (χ3v) is 3.40. The fraction of sp³-hybridized carbons (Fsp3) is 0.154. The summed E-state index contributed by atoms with van der Waals surface area (Å²) in [4.78, 5) is 45.9. The number of carbonyl (C=O) groups is 1. The van der Waals surface area contributed by atoms with Gasteiger partial charge in [0.15, 0.2) is 0 Å². The molecule has 1 N–H and O–H groups in total. The monoisotopic (exact) mass is 338 g/mol. The van der Waals surface area contributed by atoms with Crippen molar-refractivity contribution in [1.82, 2.24) is 9.13 Å². The maximum atomic E-state index is 12.2. The van der Waals surface area contributed by atoms with Gasteiger partial charge in [0.25, 0.3) is 17.2 Å². The molecule has 0 bridgehead atoms. The average Bonchev–Trinajstić information content (AvgIpc) is 2.50. The van der Waals surface area contributed by atoms with Crippen LogP contribution >= 0.6 is 11.6 Å². The van der Waals surface area contributed by atoms with Gasteiger partial charge >= 0.3 is 5.69 Å². The van der Waals surface area contributed by atoms with Crippen LogP contribution in [0.4, 0.5) is 11.5 Å². The number of benzene rings is 1. The molecule has 120 valence electrons. The second kappa shape index (κ2) is 6.05. The molecule has 1 aromatic heterocycles. The van der Waals surface area contributed by atoms with Crippen molar-refractivity contribution >= 4 is 29.0 Å². The lowest BCUT2D eigenvalue weighted by molar-refractivity contribution is -0.385. The molecule has 0 aliphatic heterocycles. The molecule has 0 saturated carbocycles. The zero-order valence-corrected chi connectivity index (χ0v) is 12.8. The van der Waals surface area contributed by atoms with Crippen LogP contribution in [0.5, 0.6) is 0 Å². The van der Waals surface area contributed by atoms with E-state index in [1.807, 2.05) is 0 Å². The number of hydrogen-bond acceptors (Lipinski definition) is 5. The van der Waals surface area contributed by atoms with Gasteiger partial charge in [-0.05, 0) is 12.1 Å². The summed E-state index contributed by atoms with van der Waals surface area (Å²) >= 11 is 5.68. The Morgan fingerprint density at radius 1 is 1.22 bits per heavy atom. The lowest BCUT2D eigenvalue weighted by atomic mass is 10.1. The number of nitro benzene ring substituents is 1. The highest BCUT2D eigenvalue weighted by Crippen LogP contribution is 2.23. The summed E-state index contributed by atoms with van der Waals surface area (Å²) in [6.07, 6.45) is 0. The first kappa shape index (κ1) is 16.4. The van der Waals surface area contributed by atoms with Crippen LogP contribution in [0.1, 0.15) is 10.4 Å². The van der Waals surface area contributed by atoms with Crippen LogP contribution in [0.3, 0.4) is 0 Å². The van der Waals surface area contributed by atoms with Crippen molar-refractivity contribution in [3.05, 3.63) is 65.8 Å². The molecule has 0 saturated heterocycles. The van der Waals surface area contributed by atoms with Crippen LogP contribution in [0.2, 0.25) is 5.02 Å². The number of aromatic nitrogens is 2. The molecule has 10 heteroatoms. The van der Waals surface area contributed by atoms with E-state index in [2.05, 4.69) is 5.32 Å². The summed E-state index contributed by atoms with van der Waals surface area (Å²) in [7, 11) is 2.65. The molecule has 0 aliphatic rings. The van der Waals surface area contributed by atoms with Crippen LogP contribution in [0.15, 0.2) is 33.9 Å². The fourth-order valence-electron chi connectivity index (χ4n) is 1.88. The average molecular weight is 339 g/mol. The Morgan fingerprint density at radius 3 is 2.48 bits per heavy atom. The highest BCUT2D eigenvalue weighted by atomic mass is 35.5. The minimum atomic E-state index is -0.836. The van der Waals surface area contributed by atoms with Crippen molar-refractivity contribution in [2.75, 3.05) is 5.32 Å². The van der Waals surface area contributed by atoms with Gasteiger partial charge in [-0.1, -0.05) is 11.6 Å². The molecule has 1 aromatic carbocycles. The molecule has 0 spiro atoms. The third kappa shape index (κ3) is 3.14. The van der Waals surface area contributed by atoms with Crippen molar-refractivity contribution in [3.8, 4) is 0 Å². The van der Waals surface area contributed by atoms with Gasteiger partial charge < -0.3 is 5.32 Å². The molecule has 0 fully saturated rings. The fourth-order valence-corrected chi connectivity index (χ4v) is 2.05. The molecule has 1 amide bonds.